The maximum atomic E-state index is 9.86. The Morgan fingerprint density at radius 1 is 1.16 bits per heavy atom. The Kier molecular flexibility index (Phi) is 5.00. The van der Waals surface area contributed by atoms with Crippen molar-refractivity contribution in [3.63, 3.8) is 0 Å². The molecule has 2 aromatic heterocycles. The molecule has 0 aliphatic carbocycles. The van der Waals surface area contributed by atoms with Gasteiger partial charge in [-0.2, -0.15) is 5.26 Å². The van der Waals surface area contributed by atoms with E-state index >= 15 is 0 Å². The van der Waals surface area contributed by atoms with Crippen LogP contribution in [0.15, 0.2) is 48.8 Å². The minimum atomic E-state index is 0.127. The molecule has 3 heterocycles. The van der Waals surface area contributed by atoms with Crippen molar-refractivity contribution >= 4 is 11.0 Å². The van der Waals surface area contributed by atoms with E-state index in [1.807, 2.05) is 32.4 Å². The van der Waals surface area contributed by atoms with Gasteiger partial charge in [-0.25, -0.2) is 9.67 Å². The van der Waals surface area contributed by atoms with E-state index in [0.29, 0.717) is 11.5 Å². The first-order chi connectivity index (χ1) is 15.2. The summed E-state index contributed by atoms with van der Waals surface area (Å²) >= 11 is 0. The molecule has 4 aromatic rings. The summed E-state index contributed by atoms with van der Waals surface area (Å²) in [7, 11) is 1.87. The molecule has 1 fully saturated rings. The van der Waals surface area contributed by atoms with Crippen LogP contribution in [0.5, 0.6) is 0 Å². The molecule has 1 aliphatic rings. The van der Waals surface area contributed by atoms with Crippen molar-refractivity contribution in [2.45, 2.75) is 25.8 Å². The van der Waals surface area contributed by atoms with E-state index in [2.05, 4.69) is 56.3 Å². The Bertz CT molecular complexity index is 1240. The average molecular weight is 412 g/mol. The van der Waals surface area contributed by atoms with E-state index in [-0.39, 0.29) is 6.04 Å². The highest BCUT2D eigenvalue weighted by Gasteiger charge is 2.29. The van der Waals surface area contributed by atoms with Gasteiger partial charge >= 0.3 is 0 Å². The van der Waals surface area contributed by atoms with Crippen molar-refractivity contribution in [1.82, 2.24) is 24.5 Å². The maximum Gasteiger partial charge on any atom is 0.106 e. The van der Waals surface area contributed by atoms with Crippen LogP contribution in [0.1, 0.15) is 35.7 Å². The van der Waals surface area contributed by atoms with E-state index in [4.69, 9.17) is 4.74 Å². The molecule has 0 amide bonds. The van der Waals surface area contributed by atoms with Gasteiger partial charge < -0.3 is 9.30 Å². The minimum absolute atomic E-state index is 0.127. The molecule has 1 atom stereocenters. The first-order valence-corrected chi connectivity index (χ1v) is 10.6. The lowest BCUT2D eigenvalue weighted by Gasteiger charge is -2.32. The molecule has 5 rings (SSSR count). The second-order valence-corrected chi connectivity index (χ2v) is 8.11. The number of aromatic nitrogens is 5. The largest absolute Gasteiger partial charge is 0.381 e. The zero-order valence-electron chi connectivity index (χ0n) is 17.7. The van der Waals surface area contributed by atoms with Crippen LogP contribution in [0, 0.1) is 24.2 Å². The lowest BCUT2D eigenvalue weighted by atomic mass is 9.86. The highest BCUT2D eigenvalue weighted by Crippen LogP contribution is 2.37. The Hall–Kier alpha value is -3.50. The highest BCUT2D eigenvalue weighted by molar-refractivity contribution is 5.87. The maximum absolute atomic E-state index is 9.86. The predicted octanol–water partition coefficient (Wildman–Crippen LogP) is 4.03. The fourth-order valence-corrected chi connectivity index (χ4v) is 4.78. The Balaban J connectivity index is 1.73. The summed E-state index contributed by atoms with van der Waals surface area (Å²) < 4.78 is 9.63. The smallest absolute Gasteiger partial charge is 0.106 e. The molecule has 1 aliphatic heterocycles. The molecule has 0 bridgehead atoms. The standard InChI is InChI=1S/C24H24N6O/c1-16-23(29(2)28-27-16)19-12-20(14-25)22-21(13-19)30(15-26-22)24(17-6-4-3-5-7-17)18-8-10-31-11-9-18/h3-7,12-13,15,18,24H,8-11H2,1-2H3/t24-/m0/s1. The molecule has 31 heavy (non-hydrogen) atoms. The molecule has 0 N–H and O–H groups in total. The normalized spacial score (nSPS) is 15.8. The van der Waals surface area contributed by atoms with Crippen LogP contribution >= 0.6 is 0 Å². The van der Waals surface area contributed by atoms with E-state index < -0.39 is 0 Å². The van der Waals surface area contributed by atoms with E-state index in [0.717, 1.165) is 54.0 Å². The summed E-state index contributed by atoms with van der Waals surface area (Å²) in [6.07, 6.45) is 3.88. The van der Waals surface area contributed by atoms with Crippen molar-refractivity contribution in [1.29, 1.82) is 5.26 Å². The van der Waals surface area contributed by atoms with Crippen molar-refractivity contribution in [2.24, 2.45) is 13.0 Å². The van der Waals surface area contributed by atoms with Gasteiger partial charge in [-0.15, -0.1) is 5.10 Å². The monoisotopic (exact) mass is 412 g/mol. The van der Waals surface area contributed by atoms with Crippen molar-refractivity contribution in [3.05, 3.63) is 65.6 Å². The first kappa shape index (κ1) is 19.5. The van der Waals surface area contributed by atoms with Gasteiger partial charge in [0.1, 0.15) is 11.6 Å². The van der Waals surface area contributed by atoms with Crippen molar-refractivity contribution in [2.75, 3.05) is 13.2 Å². The van der Waals surface area contributed by atoms with Crippen LogP contribution in [0.2, 0.25) is 0 Å². The number of benzene rings is 2. The SMILES string of the molecule is Cc1nnn(C)c1-c1cc(C#N)c2ncn([C@@H](c3ccccc3)C3CCOCC3)c2c1. The predicted molar refractivity (Wildman–Crippen MR) is 117 cm³/mol. The molecular weight excluding hydrogens is 388 g/mol. The number of hydrogen-bond acceptors (Lipinski definition) is 5. The number of hydrogen-bond donors (Lipinski definition) is 0. The van der Waals surface area contributed by atoms with Gasteiger partial charge in [-0.3, -0.25) is 0 Å². The molecule has 0 spiro atoms. The number of ether oxygens (including phenoxy) is 1. The van der Waals surface area contributed by atoms with Gasteiger partial charge in [0, 0.05) is 25.8 Å². The number of fused-ring (bicyclic) bond motifs is 1. The fourth-order valence-electron chi connectivity index (χ4n) is 4.78. The number of aryl methyl sites for hydroxylation is 2. The molecule has 7 heteroatoms. The van der Waals surface area contributed by atoms with Crippen LogP contribution in [0.25, 0.3) is 22.3 Å². The van der Waals surface area contributed by atoms with Crippen LogP contribution < -0.4 is 0 Å². The molecule has 7 nitrogen and oxygen atoms in total. The zero-order valence-corrected chi connectivity index (χ0v) is 17.7. The second kappa shape index (κ2) is 7.97. The average Bonchev–Trinajstić information content (AvgIpc) is 3.37. The third kappa shape index (κ3) is 3.39. The summed E-state index contributed by atoms with van der Waals surface area (Å²) in [6.45, 7) is 3.48. The Labute approximate surface area is 180 Å². The number of imidazole rings is 1. The van der Waals surface area contributed by atoms with Crippen molar-refractivity contribution in [3.8, 4) is 17.3 Å². The number of rotatable bonds is 4. The summed E-state index contributed by atoms with van der Waals surface area (Å²) in [4.78, 5) is 4.67. The third-order valence-corrected chi connectivity index (χ3v) is 6.22. The van der Waals surface area contributed by atoms with Gasteiger partial charge in [0.2, 0.25) is 0 Å². The third-order valence-electron chi connectivity index (χ3n) is 6.22. The van der Waals surface area contributed by atoms with Crippen LogP contribution in [0.4, 0.5) is 0 Å². The van der Waals surface area contributed by atoms with Gasteiger partial charge in [0.25, 0.3) is 0 Å². The van der Waals surface area contributed by atoms with Crippen LogP contribution in [0.3, 0.4) is 0 Å². The summed E-state index contributed by atoms with van der Waals surface area (Å²) in [5, 5.41) is 18.2. The van der Waals surface area contributed by atoms with Crippen LogP contribution in [-0.4, -0.2) is 37.8 Å². The van der Waals surface area contributed by atoms with E-state index in [9.17, 15) is 5.26 Å². The zero-order chi connectivity index (χ0) is 21.4. The molecule has 156 valence electrons. The summed E-state index contributed by atoms with van der Waals surface area (Å²) in [5.74, 6) is 0.433. The Morgan fingerprint density at radius 3 is 2.61 bits per heavy atom. The van der Waals surface area contributed by atoms with Crippen LogP contribution in [-0.2, 0) is 11.8 Å². The quantitative estimate of drug-likeness (QED) is 0.505. The fraction of sp³-hybridized carbons (Fsp3) is 0.333. The van der Waals surface area contributed by atoms with Crippen molar-refractivity contribution < 1.29 is 4.74 Å². The molecule has 1 saturated heterocycles. The van der Waals surface area contributed by atoms with Gasteiger partial charge in [-0.1, -0.05) is 35.5 Å². The number of nitriles is 1. The molecule has 0 radical (unpaired) electrons. The summed E-state index contributed by atoms with van der Waals surface area (Å²) in [5.41, 5.74) is 6.16. The lowest BCUT2D eigenvalue weighted by molar-refractivity contribution is 0.0547. The molecule has 0 saturated carbocycles. The highest BCUT2D eigenvalue weighted by atomic mass is 16.5. The topological polar surface area (TPSA) is 81.5 Å². The van der Waals surface area contributed by atoms with E-state index in [1.165, 1.54) is 5.56 Å². The second-order valence-electron chi connectivity index (χ2n) is 8.11. The molecule has 2 aromatic carbocycles. The lowest BCUT2D eigenvalue weighted by Crippen LogP contribution is -2.26. The first-order valence-electron chi connectivity index (χ1n) is 10.6. The summed E-state index contributed by atoms with van der Waals surface area (Å²) in [6, 6.07) is 17.0. The van der Waals surface area contributed by atoms with Gasteiger partial charge in [0.15, 0.2) is 0 Å². The van der Waals surface area contributed by atoms with Gasteiger partial charge in [0.05, 0.1) is 34.8 Å². The van der Waals surface area contributed by atoms with Gasteiger partial charge in [-0.05, 0) is 43.4 Å². The van der Waals surface area contributed by atoms with E-state index in [1.54, 1.807) is 4.68 Å². The number of nitrogens with zero attached hydrogens (tertiary/aromatic N) is 6. The Morgan fingerprint density at radius 2 is 1.94 bits per heavy atom. The molecular formula is C24H24N6O. The minimum Gasteiger partial charge on any atom is -0.381 e. The molecule has 0 unspecified atom stereocenters.